The largest absolute Gasteiger partial charge is 0.481 e. The number of rotatable bonds is 3. The highest BCUT2D eigenvalue weighted by Crippen LogP contribution is 2.31. The molecule has 1 unspecified atom stereocenters. The summed E-state index contributed by atoms with van der Waals surface area (Å²) in [7, 11) is 0. The van der Waals surface area contributed by atoms with Crippen molar-refractivity contribution in [2.75, 3.05) is 11.4 Å². The van der Waals surface area contributed by atoms with Gasteiger partial charge in [-0.05, 0) is 44.4 Å². The summed E-state index contributed by atoms with van der Waals surface area (Å²) in [6.45, 7) is 6.05. The molecule has 0 saturated carbocycles. The number of ether oxygens (including phenoxy) is 1. The summed E-state index contributed by atoms with van der Waals surface area (Å²) in [6, 6.07) is 4.92. The molecule has 0 saturated heterocycles. The fraction of sp³-hybridized carbons (Fsp3) is 0.500. The summed E-state index contributed by atoms with van der Waals surface area (Å²) >= 11 is 0. The maximum Gasteiger partial charge on any atom is 0.414 e. The molecule has 0 radical (unpaired) electrons. The van der Waals surface area contributed by atoms with Gasteiger partial charge in [-0.2, -0.15) is 0 Å². The van der Waals surface area contributed by atoms with Gasteiger partial charge in [-0.25, -0.2) is 4.79 Å². The van der Waals surface area contributed by atoms with Crippen molar-refractivity contribution in [2.45, 2.75) is 45.3 Å². The first-order valence-corrected chi connectivity index (χ1v) is 7.28. The third-order valence-corrected chi connectivity index (χ3v) is 3.44. The van der Waals surface area contributed by atoms with Crippen molar-refractivity contribution in [2.24, 2.45) is 5.73 Å². The van der Waals surface area contributed by atoms with Crippen molar-refractivity contribution in [3.63, 3.8) is 0 Å². The maximum atomic E-state index is 12.2. The zero-order valence-electron chi connectivity index (χ0n) is 13.1. The summed E-state index contributed by atoms with van der Waals surface area (Å²) in [5.41, 5.74) is 7.91. The van der Waals surface area contributed by atoms with Crippen LogP contribution < -0.4 is 10.6 Å². The number of anilines is 1. The number of nitrogens with two attached hydrogens (primary N) is 1. The van der Waals surface area contributed by atoms with E-state index in [0.717, 1.165) is 16.8 Å². The van der Waals surface area contributed by atoms with Gasteiger partial charge in [0, 0.05) is 12.6 Å². The number of hydrogen-bond acceptors (Lipinski definition) is 4. The summed E-state index contributed by atoms with van der Waals surface area (Å²) in [6.07, 6.45) is 0.227. The summed E-state index contributed by atoms with van der Waals surface area (Å²) in [5, 5.41) is 8.81. The van der Waals surface area contributed by atoms with Gasteiger partial charge in [0.2, 0.25) is 0 Å². The van der Waals surface area contributed by atoms with Crippen LogP contribution in [0.4, 0.5) is 10.5 Å². The van der Waals surface area contributed by atoms with E-state index in [2.05, 4.69) is 0 Å². The fourth-order valence-electron chi connectivity index (χ4n) is 2.46. The van der Waals surface area contributed by atoms with Gasteiger partial charge in [-0.15, -0.1) is 0 Å². The number of carboxylic acid groups (broad SMARTS) is 1. The summed E-state index contributed by atoms with van der Waals surface area (Å²) < 4.78 is 5.39. The summed E-state index contributed by atoms with van der Waals surface area (Å²) in [4.78, 5) is 24.5. The topological polar surface area (TPSA) is 92.9 Å². The van der Waals surface area contributed by atoms with E-state index in [1.807, 2.05) is 32.9 Å². The van der Waals surface area contributed by atoms with E-state index in [9.17, 15) is 9.59 Å². The van der Waals surface area contributed by atoms with Crippen LogP contribution in [0.1, 0.15) is 44.4 Å². The molecule has 1 heterocycles. The number of carboxylic acids is 1. The van der Waals surface area contributed by atoms with Gasteiger partial charge in [0.15, 0.2) is 0 Å². The van der Waals surface area contributed by atoms with Crippen LogP contribution in [0.2, 0.25) is 0 Å². The van der Waals surface area contributed by atoms with Gasteiger partial charge in [0.05, 0.1) is 12.1 Å². The van der Waals surface area contributed by atoms with E-state index >= 15 is 0 Å². The van der Waals surface area contributed by atoms with Crippen molar-refractivity contribution in [1.82, 2.24) is 0 Å². The molecule has 2 rings (SSSR count). The molecule has 1 aliphatic heterocycles. The minimum absolute atomic E-state index is 0.117. The molecule has 0 aliphatic carbocycles. The lowest BCUT2D eigenvalue weighted by molar-refractivity contribution is -0.137. The third kappa shape index (κ3) is 3.76. The molecule has 0 bridgehead atoms. The molecule has 6 heteroatoms. The molecule has 1 aliphatic rings. The second kappa shape index (κ2) is 5.96. The monoisotopic (exact) mass is 306 g/mol. The van der Waals surface area contributed by atoms with Gasteiger partial charge >= 0.3 is 12.1 Å². The second-order valence-corrected chi connectivity index (χ2v) is 6.47. The molecule has 1 atom stereocenters. The number of benzene rings is 1. The lowest BCUT2D eigenvalue weighted by atomic mass is 10.0. The van der Waals surface area contributed by atoms with Gasteiger partial charge in [-0.3, -0.25) is 9.69 Å². The molecule has 1 amide bonds. The molecule has 0 aromatic heterocycles. The smallest absolute Gasteiger partial charge is 0.414 e. The molecule has 0 fully saturated rings. The minimum Gasteiger partial charge on any atom is -0.481 e. The average molecular weight is 306 g/mol. The zero-order chi connectivity index (χ0) is 16.5. The number of carbonyl (C=O) groups is 2. The number of hydrogen-bond donors (Lipinski definition) is 2. The third-order valence-electron chi connectivity index (χ3n) is 3.44. The Labute approximate surface area is 129 Å². The first-order chi connectivity index (χ1) is 10.2. The predicted octanol–water partition coefficient (Wildman–Crippen LogP) is 2.46. The molecule has 0 spiro atoms. The van der Waals surface area contributed by atoms with Crippen LogP contribution in [0.15, 0.2) is 18.2 Å². The van der Waals surface area contributed by atoms with Gasteiger partial charge in [0.25, 0.3) is 0 Å². The van der Waals surface area contributed by atoms with E-state index < -0.39 is 17.6 Å². The zero-order valence-corrected chi connectivity index (χ0v) is 13.1. The number of nitrogens with zero attached hydrogens (tertiary/aromatic N) is 1. The minimum atomic E-state index is -0.927. The average Bonchev–Trinajstić information content (AvgIpc) is 2.78. The van der Waals surface area contributed by atoms with Crippen LogP contribution in [0.25, 0.3) is 0 Å². The Hall–Kier alpha value is -2.08. The molecule has 1 aromatic rings. The number of fused-ring (bicyclic) bond motifs is 1. The summed E-state index contributed by atoms with van der Waals surface area (Å²) in [5.74, 6) is -0.927. The van der Waals surface area contributed by atoms with Crippen molar-refractivity contribution in [3.05, 3.63) is 29.3 Å². The van der Waals surface area contributed by atoms with Gasteiger partial charge in [0.1, 0.15) is 5.60 Å². The molecule has 120 valence electrons. The molecule has 6 nitrogen and oxygen atoms in total. The van der Waals surface area contributed by atoms with Crippen LogP contribution >= 0.6 is 0 Å². The van der Waals surface area contributed by atoms with E-state index in [1.165, 1.54) is 0 Å². The number of amides is 1. The second-order valence-electron chi connectivity index (χ2n) is 6.47. The first-order valence-electron chi connectivity index (χ1n) is 7.28. The Morgan fingerprint density at radius 1 is 1.41 bits per heavy atom. The number of carbonyl (C=O) groups excluding carboxylic acids is 1. The standard InChI is InChI=1S/C16H22N2O4/c1-16(2,3)22-15(21)18-7-6-11-8-10(4-5-13(11)18)12(17)9-14(19)20/h4-5,8,12H,6-7,9,17H2,1-3H3,(H,19,20). The Morgan fingerprint density at radius 2 is 2.09 bits per heavy atom. The fourth-order valence-corrected chi connectivity index (χ4v) is 2.46. The highest BCUT2D eigenvalue weighted by atomic mass is 16.6. The lowest BCUT2D eigenvalue weighted by Gasteiger charge is -2.25. The van der Waals surface area contributed by atoms with Gasteiger partial charge in [-0.1, -0.05) is 12.1 Å². The molecule has 22 heavy (non-hydrogen) atoms. The van der Waals surface area contributed by atoms with Crippen LogP contribution in [0, 0.1) is 0 Å². The Bertz CT molecular complexity index is 592. The lowest BCUT2D eigenvalue weighted by Crippen LogP contribution is -2.35. The van der Waals surface area contributed by atoms with Crippen LogP contribution in [0.5, 0.6) is 0 Å². The maximum absolute atomic E-state index is 12.2. The van der Waals surface area contributed by atoms with E-state index in [1.54, 1.807) is 11.0 Å². The van der Waals surface area contributed by atoms with E-state index in [-0.39, 0.29) is 12.5 Å². The predicted molar refractivity (Wildman–Crippen MR) is 82.9 cm³/mol. The SMILES string of the molecule is CC(C)(C)OC(=O)N1CCc2cc(C(N)CC(=O)O)ccc21. The van der Waals surface area contributed by atoms with E-state index in [4.69, 9.17) is 15.6 Å². The first kappa shape index (κ1) is 16.3. The van der Waals surface area contributed by atoms with Crippen LogP contribution in [-0.2, 0) is 16.0 Å². The van der Waals surface area contributed by atoms with Crippen LogP contribution in [0.3, 0.4) is 0 Å². The Kier molecular flexibility index (Phi) is 4.42. The Balaban J connectivity index is 2.17. The van der Waals surface area contributed by atoms with Crippen molar-refractivity contribution < 1.29 is 19.4 Å². The normalized spacial score (nSPS) is 15.4. The van der Waals surface area contributed by atoms with Gasteiger partial charge < -0.3 is 15.6 Å². The highest BCUT2D eigenvalue weighted by molar-refractivity contribution is 5.90. The van der Waals surface area contributed by atoms with Crippen LogP contribution in [-0.4, -0.2) is 29.3 Å². The van der Waals surface area contributed by atoms with Crippen molar-refractivity contribution >= 4 is 17.7 Å². The quantitative estimate of drug-likeness (QED) is 0.894. The molecule has 1 aromatic carbocycles. The van der Waals surface area contributed by atoms with Crippen molar-refractivity contribution in [3.8, 4) is 0 Å². The molecular formula is C16H22N2O4. The van der Waals surface area contributed by atoms with E-state index in [0.29, 0.717) is 13.0 Å². The molecule has 3 N–H and O–H groups in total. The number of aliphatic carboxylic acids is 1. The highest BCUT2D eigenvalue weighted by Gasteiger charge is 2.29. The van der Waals surface area contributed by atoms with Crippen molar-refractivity contribution in [1.29, 1.82) is 0 Å². The Morgan fingerprint density at radius 3 is 2.68 bits per heavy atom. The molecular weight excluding hydrogens is 284 g/mol.